The van der Waals surface area contributed by atoms with Crippen LogP contribution in [0.2, 0.25) is 0 Å². The zero-order valence-corrected chi connectivity index (χ0v) is 15.6. The quantitative estimate of drug-likeness (QED) is 0.631. The van der Waals surface area contributed by atoms with Gasteiger partial charge in [0.1, 0.15) is 5.75 Å². The molecule has 1 atom stereocenters. The van der Waals surface area contributed by atoms with E-state index in [2.05, 4.69) is 10.6 Å². The average Bonchev–Trinajstić information content (AvgIpc) is 2.70. The predicted molar refractivity (Wildman–Crippen MR) is 109 cm³/mol. The molecule has 3 aromatic carbocycles. The van der Waals surface area contributed by atoms with E-state index in [1.165, 1.54) is 6.92 Å². The molecule has 28 heavy (non-hydrogen) atoms. The minimum atomic E-state index is -0.402. The topological polar surface area (TPSA) is 67.4 Å². The van der Waals surface area contributed by atoms with Crippen molar-refractivity contribution in [3.8, 4) is 11.5 Å². The number of rotatable bonds is 7. The molecule has 3 rings (SSSR count). The van der Waals surface area contributed by atoms with Crippen LogP contribution in [0.25, 0.3) is 0 Å². The van der Waals surface area contributed by atoms with Gasteiger partial charge in [-0.25, -0.2) is 0 Å². The SMILES string of the molecule is CC(=O)NC(CC(=O)Nc1ccccc1Oc1ccccc1)c1ccccc1. The van der Waals surface area contributed by atoms with Gasteiger partial charge >= 0.3 is 0 Å². The van der Waals surface area contributed by atoms with Gasteiger partial charge in [0.25, 0.3) is 0 Å². The van der Waals surface area contributed by atoms with Gasteiger partial charge < -0.3 is 15.4 Å². The number of anilines is 1. The molecule has 0 aliphatic carbocycles. The van der Waals surface area contributed by atoms with Crippen molar-refractivity contribution in [3.63, 3.8) is 0 Å². The Kier molecular flexibility index (Phi) is 6.41. The van der Waals surface area contributed by atoms with Crippen molar-refractivity contribution < 1.29 is 14.3 Å². The van der Waals surface area contributed by atoms with E-state index < -0.39 is 6.04 Å². The number of hydrogen-bond donors (Lipinski definition) is 2. The molecule has 142 valence electrons. The lowest BCUT2D eigenvalue weighted by atomic mass is 10.0. The lowest BCUT2D eigenvalue weighted by Gasteiger charge is -2.19. The molecular weight excluding hydrogens is 352 g/mol. The number of para-hydroxylation sites is 3. The molecule has 0 spiro atoms. The van der Waals surface area contributed by atoms with Crippen molar-refractivity contribution in [2.75, 3.05) is 5.32 Å². The van der Waals surface area contributed by atoms with Gasteiger partial charge in [-0.05, 0) is 29.8 Å². The van der Waals surface area contributed by atoms with Gasteiger partial charge in [-0.3, -0.25) is 9.59 Å². The van der Waals surface area contributed by atoms with Gasteiger partial charge in [0.05, 0.1) is 18.2 Å². The van der Waals surface area contributed by atoms with E-state index >= 15 is 0 Å². The molecule has 3 aromatic rings. The molecule has 2 amide bonds. The Bertz CT molecular complexity index is 927. The Morgan fingerprint density at radius 1 is 0.857 bits per heavy atom. The fourth-order valence-electron chi connectivity index (χ4n) is 2.84. The van der Waals surface area contributed by atoms with E-state index in [1.807, 2.05) is 72.8 Å². The number of ether oxygens (including phenoxy) is 1. The molecule has 5 heteroatoms. The van der Waals surface area contributed by atoms with E-state index in [1.54, 1.807) is 12.1 Å². The Balaban J connectivity index is 1.72. The second kappa shape index (κ2) is 9.37. The molecule has 0 saturated carbocycles. The number of amides is 2. The molecule has 2 N–H and O–H groups in total. The fourth-order valence-corrected chi connectivity index (χ4v) is 2.84. The van der Waals surface area contributed by atoms with Gasteiger partial charge in [-0.2, -0.15) is 0 Å². The molecular formula is C23H22N2O3. The highest BCUT2D eigenvalue weighted by Crippen LogP contribution is 2.29. The molecule has 0 aliphatic rings. The minimum absolute atomic E-state index is 0.114. The van der Waals surface area contributed by atoms with Crippen LogP contribution in [-0.2, 0) is 9.59 Å². The lowest BCUT2D eigenvalue weighted by molar-refractivity contribution is -0.120. The first-order chi connectivity index (χ1) is 13.6. The van der Waals surface area contributed by atoms with Gasteiger partial charge in [0, 0.05) is 6.92 Å². The van der Waals surface area contributed by atoms with E-state index in [0.29, 0.717) is 17.2 Å². The summed E-state index contributed by atoms with van der Waals surface area (Å²) in [5, 5.41) is 5.73. The molecule has 0 fully saturated rings. The van der Waals surface area contributed by atoms with Crippen molar-refractivity contribution in [2.45, 2.75) is 19.4 Å². The summed E-state index contributed by atoms with van der Waals surface area (Å²) >= 11 is 0. The van der Waals surface area contributed by atoms with E-state index in [9.17, 15) is 9.59 Å². The lowest BCUT2D eigenvalue weighted by Crippen LogP contribution is -2.29. The number of hydrogen-bond acceptors (Lipinski definition) is 3. The zero-order chi connectivity index (χ0) is 19.8. The molecule has 5 nitrogen and oxygen atoms in total. The average molecular weight is 374 g/mol. The van der Waals surface area contributed by atoms with Gasteiger partial charge in [0.2, 0.25) is 11.8 Å². The standard InChI is InChI=1S/C23H22N2O3/c1-17(26)24-21(18-10-4-2-5-11-18)16-23(27)25-20-14-8-9-15-22(20)28-19-12-6-3-7-13-19/h2-15,21H,16H2,1H3,(H,24,26)(H,25,27). The highest BCUT2D eigenvalue weighted by Gasteiger charge is 2.18. The monoisotopic (exact) mass is 374 g/mol. The first kappa shape index (κ1) is 19.2. The highest BCUT2D eigenvalue weighted by molar-refractivity contribution is 5.93. The summed E-state index contributed by atoms with van der Waals surface area (Å²) in [4.78, 5) is 24.2. The Hall–Kier alpha value is -3.60. The molecule has 0 bridgehead atoms. The van der Waals surface area contributed by atoms with Crippen LogP contribution in [0.4, 0.5) is 5.69 Å². The molecule has 0 radical (unpaired) electrons. The molecule has 0 aromatic heterocycles. The van der Waals surface area contributed by atoms with Gasteiger partial charge in [-0.1, -0.05) is 60.7 Å². The predicted octanol–water partition coefficient (Wildman–Crippen LogP) is 4.68. The third kappa shape index (κ3) is 5.45. The third-order valence-corrected chi connectivity index (χ3v) is 4.10. The second-order valence-electron chi connectivity index (χ2n) is 6.33. The van der Waals surface area contributed by atoms with E-state index in [-0.39, 0.29) is 18.2 Å². The Labute approximate surface area is 164 Å². The molecule has 0 saturated heterocycles. The number of carbonyl (C=O) groups is 2. The molecule has 1 unspecified atom stereocenters. The van der Waals surface area contributed by atoms with Crippen LogP contribution in [0, 0.1) is 0 Å². The summed E-state index contributed by atoms with van der Waals surface area (Å²) in [6, 6.07) is 25.7. The third-order valence-electron chi connectivity index (χ3n) is 4.10. The van der Waals surface area contributed by atoms with Crippen LogP contribution < -0.4 is 15.4 Å². The first-order valence-electron chi connectivity index (χ1n) is 9.05. The summed E-state index contributed by atoms with van der Waals surface area (Å²) in [6.07, 6.45) is 0.114. The maximum absolute atomic E-state index is 12.7. The maximum Gasteiger partial charge on any atom is 0.226 e. The number of carbonyl (C=O) groups excluding carboxylic acids is 2. The first-order valence-corrected chi connectivity index (χ1v) is 9.05. The Morgan fingerprint density at radius 2 is 1.46 bits per heavy atom. The van der Waals surface area contributed by atoms with Crippen molar-refractivity contribution in [1.29, 1.82) is 0 Å². The summed E-state index contributed by atoms with van der Waals surface area (Å²) in [6.45, 7) is 1.44. The largest absolute Gasteiger partial charge is 0.455 e. The van der Waals surface area contributed by atoms with Crippen molar-refractivity contribution in [2.24, 2.45) is 0 Å². The highest BCUT2D eigenvalue weighted by atomic mass is 16.5. The van der Waals surface area contributed by atoms with Crippen molar-refractivity contribution in [1.82, 2.24) is 5.32 Å². The van der Waals surface area contributed by atoms with Crippen molar-refractivity contribution in [3.05, 3.63) is 90.5 Å². The van der Waals surface area contributed by atoms with Crippen LogP contribution in [0.3, 0.4) is 0 Å². The maximum atomic E-state index is 12.7. The Morgan fingerprint density at radius 3 is 2.14 bits per heavy atom. The van der Waals surface area contributed by atoms with E-state index in [0.717, 1.165) is 5.56 Å². The summed E-state index contributed by atoms with van der Waals surface area (Å²) in [5.74, 6) is 0.837. The summed E-state index contributed by atoms with van der Waals surface area (Å²) < 4.78 is 5.88. The number of benzene rings is 3. The smallest absolute Gasteiger partial charge is 0.226 e. The van der Waals surface area contributed by atoms with Crippen LogP contribution >= 0.6 is 0 Å². The number of nitrogens with one attached hydrogen (secondary N) is 2. The zero-order valence-electron chi connectivity index (χ0n) is 15.6. The van der Waals surface area contributed by atoms with Crippen LogP contribution in [-0.4, -0.2) is 11.8 Å². The summed E-state index contributed by atoms with van der Waals surface area (Å²) in [7, 11) is 0. The normalized spacial score (nSPS) is 11.3. The summed E-state index contributed by atoms with van der Waals surface area (Å²) in [5.41, 5.74) is 1.45. The van der Waals surface area contributed by atoms with E-state index in [4.69, 9.17) is 4.74 Å². The van der Waals surface area contributed by atoms with Crippen LogP contribution in [0.15, 0.2) is 84.9 Å². The molecule has 0 aliphatic heterocycles. The minimum Gasteiger partial charge on any atom is -0.455 e. The second-order valence-corrected chi connectivity index (χ2v) is 6.33. The van der Waals surface area contributed by atoms with Crippen LogP contribution in [0.5, 0.6) is 11.5 Å². The van der Waals surface area contributed by atoms with Crippen molar-refractivity contribution >= 4 is 17.5 Å². The molecule has 0 heterocycles. The fraction of sp³-hybridized carbons (Fsp3) is 0.130. The van der Waals surface area contributed by atoms with Gasteiger partial charge in [0.15, 0.2) is 5.75 Å². The van der Waals surface area contributed by atoms with Crippen LogP contribution in [0.1, 0.15) is 24.9 Å². The van der Waals surface area contributed by atoms with Gasteiger partial charge in [-0.15, -0.1) is 0 Å².